The molecule has 0 aliphatic heterocycles. The number of nitrogens with one attached hydrogen (secondary N) is 1. The van der Waals surface area contributed by atoms with Crippen LogP contribution in [0.2, 0.25) is 0 Å². The summed E-state index contributed by atoms with van der Waals surface area (Å²) >= 11 is 0. The highest BCUT2D eigenvalue weighted by atomic mass is 19.1. The minimum atomic E-state index is -0.305. The smallest absolute Gasteiger partial charge is 0.244 e. The molecule has 0 unspecified atom stereocenters. The van der Waals surface area contributed by atoms with E-state index in [1.54, 1.807) is 31.6 Å². The van der Waals surface area contributed by atoms with Crippen molar-refractivity contribution in [1.29, 1.82) is 0 Å². The summed E-state index contributed by atoms with van der Waals surface area (Å²) in [6.07, 6.45) is 3.34. The van der Waals surface area contributed by atoms with E-state index in [9.17, 15) is 9.18 Å². The number of hydrogen-bond donors (Lipinski definition) is 1. The first-order valence-corrected chi connectivity index (χ1v) is 11.7. The number of halogens is 1. The minimum Gasteiger partial charge on any atom is -0.496 e. The fraction of sp³-hybridized carbons (Fsp3) is 0.129. The fourth-order valence-corrected chi connectivity index (χ4v) is 4.57. The highest BCUT2D eigenvalue weighted by Crippen LogP contribution is 2.41. The van der Waals surface area contributed by atoms with Gasteiger partial charge in [-0.05, 0) is 65.6 Å². The molecule has 0 saturated heterocycles. The first kappa shape index (κ1) is 23.4. The van der Waals surface area contributed by atoms with E-state index in [-0.39, 0.29) is 11.7 Å². The van der Waals surface area contributed by atoms with Crippen LogP contribution in [0.1, 0.15) is 23.6 Å². The van der Waals surface area contributed by atoms with Gasteiger partial charge >= 0.3 is 0 Å². The summed E-state index contributed by atoms with van der Waals surface area (Å²) in [5.74, 6) is 0.126. The number of ether oxygens (including phenoxy) is 1. The summed E-state index contributed by atoms with van der Waals surface area (Å²) in [5.41, 5.74) is 6.08. The quantitative estimate of drug-likeness (QED) is 0.258. The lowest BCUT2D eigenvalue weighted by Crippen LogP contribution is -2.20. The largest absolute Gasteiger partial charge is 0.496 e. The van der Waals surface area contributed by atoms with Gasteiger partial charge in [-0.1, -0.05) is 48.5 Å². The van der Waals surface area contributed by atoms with Crippen molar-refractivity contribution in [2.45, 2.75) is 20.4 Å². The van der Waals surface area contributed by atoms with Crippen LogP contribution in [0, 0.1) is 12.7 Å². The first-order valence-electron chi connectivity index (χ1n) is 11.7. The van der Waals surface area contributed by atoms with Gasteiger partial charge in [0.05, 0.1) is 13.4 Å². The SMILES string of the molecule is COc1c(/C(C)=C/C(=O)NCc2ccc(F)cc2)cc2c(-c3ccc4ccccc4c3)coc2c1C. The number of allylic oxidation sites excluding steroid dienone is 1. The van der Waals surface area contributed by atoms with E-state index in [1.165, 1.54) is 17.5 Å². The molecule has 5 aromatic rings. The molecule has 1 N–H and O–H groups in total. The Morgan fingerprint density at radius 3 is 2.53 bits per heavy atom. The molecule has 5 rings (SSSR count). The van der Waals surface area contributed by atoms with E-state index in [2.05, 4.69) is 35.6 Å². The van der Waals surface area contributed by atoms with E-state index >= 15 is 0 Å². The fourth-order valence-electron chi connectivity index (χ4n) is 4.57. The summed E-state index contributed by atoms with van der Waals surface area (Å²) < 4.78 is 24.9. The molecular formula is C31H26FNO3. The van der Waals surface area contributed by atoms with Gasteiger partial charge in [-0.15, -0.1) is 0 Å². The summed E-state index contributed by atoms with van der Waals surface area (Å²) in [6, 6.07) is 22.7. The van der Waals surface area contributed by atoms with Crippen LogP contribution in [0.25, 0.3) is 38.4 Å². The predicted molar refractivity (Wildman–Crippen MR) is 142 cm³/mol. The van der Waals surface area contributed by atoms with Crippen LogP contribution >= 0.6 is 0 Å². The maximum atomic E-state index is 13.1. The Bertz CT molecular complexity index is 1610. The van der Waals surface area contributed by atoms with Gasteiger partial charge in [0.2, 0.25) is 5.91 Å². The molecule has 5 heteroatoms. The van der Waals surface area contributed by atoms with E-state index in [1.807, 2.05) is 32.0 Å². The Hall–Kier alpha value is -4.38. The van der Waals surface area contributed by atoms with Gasteiger partial charge in [0.15, 0.2) is 0 Å². The summed E-state index contributed by atoms with van der Waals surface area (Å²) in [7, 11) is 1.62. The molecule has 0 radical (unpaired) electrons. The number of benzene rings is 4. The van der Waals surface area contributed by atoms with Crippen molar-refractivity contribution in [2.75, 3.05) is 7.11 Å². The molecule has 1 heterocycles. The van der Waals surface area contributed by atoms with Crippen molar-refractivity contribution >= 4 is 33.2 Å². The number of methoxy groups -OCH3 is 1. The van der Waals surface area contributed by atoms with Crippen LogP contribution < -0.4 is 10.1 Å². The average molecular weight is 480 g/mol. The number of amides is 1. The Morgan fingerprint density at radius 1 is 1.03 bits per heavy atom. The number of fused-ring (bicyclic) bond motifs is 2. The van der Waals surface area contributed by atoms with Gasteiger partial charge in [-0.2, -0.15) is 0 Å². The zero-order chi connectivity index (χ0) is 25.2. The van der Waals surface area contributed by atoms with Crippen molar-refractivity contribution in [3.8, 4) is 16.9 Å². The third-order valence-electron chi connectivity index (χ3n) is 6.46. The third-order valence-corrected chi connectivity index (χ3v) is 6.46. The van der Waals surface area contributed by atoms with Gasteiger partial charge < -0.3 is 14.5 Å². The van der Waals surface area contributed by atoms with Crippen LogP contribution in [0.15, 0.2) is 89.6 Å². The number of hydrogen-bond acceptors (Lipinski definition) is 3. The second-order valence-electron chi connectivity index (χ2n) is 8.84. The van der Waals surface area contributed by atoms with E-state index in [0.29, 0.717) is 12.3 Å². The lowest BCUT2D eigenvalue weighted by atomic mass is 9.95. The molecule has 0 aliphatic carbocycles. The average Bonchev–Trinajstić information content (AvgIpc) is 3.32. The second-order valence-corrected chi connectivity index (χ2v) is 8.84. The topological polar surface area (TPSA) is 51.5 Å². The Morgan fingerprint density at radius 2 is 1.78 bits per heavy atom. The molecule has 180 valence electrons. The minimum absolute atomic E-state index is 0.237. The van der Waals surface area contributed by atoms with Crippen molar-refractivity contribution in [3.63, 3.8) is 0 Å². The second kappa shape index (κ2) is 9.70. The number of carbonyl (C=O) groups excluding carboxylic acids is 1. The van der Waals surface area contributed by atoms with Gasteiger partial charge in [0.25, 0.3) is 0 Å². The normalized spacial score (nSPS) is 11.7. The molecule has 0 saturated carbocycles. The molecular weight excluding hydrogens is 453 g/mol. The molecule has 0 bridgehead atoms. The number of furan rings is 1. The molecule has 1 amide bonds. The van der Waals surface area contributed by atoms with Crippen molar-refractivity contribution in [2.24, 2.45) is 0 Å². The van der Waals surface area contributed by atoms with Crippen molar-refractivity contribution < 1.29 is 18.3 Å². The Balaban J connectivity index is 1.50. The third kappa shape index (κ3) is 4.48. The molecule has 4 nitrogen and oxygen atoms in total. The van der Waals surface area contributed by atoms with Gasteiger partial charge in [0.1, 0.15) is 17.1 Å². The van der Waals surface area contributed by atoms with Gasteiger partial charge in [0, 0.05) is 34.7 Å². The van der Waals surface area contributed by atoms with Crippen LogP contribution in [-0.4, -0.2) is 13.0 Å². The van der Waals surface area contributed by atoms with Crippen LogP contribution in [0.5, 0.6) is 5.75 Å². The summed E-state index contributed by atoms with van der Waals surface area (Å²) in [6.45, 7) is 4.16. The van der Waals surface area contributed by atoms with Crippen LogP contribution in [-0.2, 0) is 11.3 Å². The summed E-state index contributed by atoms with van der Waals surface area (Å²) in [4.78, 5) is 12.7. The molecule has 0 fully saturated rings. The first-order chi connectivity index (χ1) is 17.4. The summed E-state index contributed by atoms with van der Waals surface area (Å²) in [5, 5.41) is 6.15. The molecule has 36 heavy (non-hydrogen) atoms. The maximum Gasteiger partial charge on any atom is 0.244 e. The zero-order valence-corrected chi connectivity index (χ0v) is 20.4. The predicted octanol–water partition coefficient (Wildman–Crippen LogP) is 7.43. The monoisotopic (exact) mass is 479 g/mol. The van der Waals surface area contributed by atoms with Crippen LogP contribution in [0.3, 0.4) is 0 Å². The number of carbonyl (C=O) groups is 1. The lowest BCUT2D eigenvalue weighted by Gasteiger charge is -2.13. The number of aryl methyl sites for hydroxylation is 1. The molecule has 1 aromatic heterocycles. The van der Waals surface area contributed by atoms with E-state index < -0.39 is 0 Å². The lowest BCUT2D eigenvalue weighted by molar-refractivity contribution is -0.116. The maximum absolute atomic E-state index is 13.1. The highest BCUT2D eigenvalue weighted by Gasteiger charge is 2.19. The van der Waals surface area contributed by atoms with Crippen molar-refractivity contribution in [3.05, 3.63) is 108 Å². The molecule has 0 spiro atoms. The highest BCUT2D eigenvalue weighted by molar-refractivity contribution is 6.02. The van der Waals surface area contributed by atoms with E-state index in [0.717, 1.165) is 49.7 Å². The Kier molecular flexibility index (Phi) is 6.30. The molecule has 0 atom stereocenters. The standard InChI is InChI=1S/C31H26FNO3/c1-19(14-29(34)33-17-21-8-12-25(32)13-9-21)26-16-27-28(18-36-31(27)20(2)30(26)35-3)24-11-10-22-6-4-5-7-23(22)15-24/h4-16,18H,17H2,1-3H3,(H,33,34)/b19-14+. The van der Waals surface area contributed by atoms with Crippen LogP contribution in [0.4, 0.5) is 4.39 Å². The molecule has 4 aromatic carbocycles. The van der Waals surface area contributed by atoms with Gasteiger partial charge in [-0.3, -0.25) is 4.79 Å². The van der Waals surface area contributed by atoms with E-state index in [4.69, 9.17) is 9.15 Å². The molecule has 0 aliphatic rings. The van der Waals surface area contributed by atoms with Crippen molar-refractivity contribution in [1.82, 2.24) is 5.32 Å². The zero-order valence-electron chi connectivity index (χ0n) is 20.4. The Labute approximate surface area is 209 Å². The van der Waals surface area contributed by atoms with Gasteiger partial charge in [-0.25, -0.2) is 4.39 Å². The number of rotatable bonds is 6.